The summed E-state index contributed by atoms with van der Waals surface area (Å²) in [6.07, 6.45) is 3.40. The van der Waals surface area contributed by atoms with E-state index in [1.807, 2.05) is 29.2 Å². The highest BCUT2D eigenvalue weighted by Gasteiger charge is 2.30. The molecule has 0 radical (unpaired) electrons. The molecule has 0 atom stereocenters. The van der Waals surface area contributed by atoms with Gasteiger partial charge >= 0.3 is 0 Å². The number of hydrazine groups is 1. The normalized spacial score (nSPS) is 15.8. The second kappa shape index (κ2) is 9.27. The average Bonchev–Trinajstić information content (AvgIpc) is 3.55. The van der Waals surface area contributed by atoms with Gasteiger partial charge in [0.05, 0.1) is 22.2 Å². The second-order valence-electron chi connectivity index (χ2n) is 7.81. The van der Waals surface area contributed by atoms with Crippen LogP contribution in [0.1, 0.15) is 35.2 Å². The number of carbonyl (C=O) groups excluding carboxylic acids is 2. The first-order valence-electron chi connectivity index (χ1n) is 10.2. The zero-order valence-corrected chi connectivity index (χ0v) is 19.4. The van der Waals surface area contributed by atoms with Crippen molar-refractivity contribution >= 4 is 50.7 Å². The Kier molecular flexibility index (Phi) is 6.62. The van der Waals surface area contributed by atoms with Gasteiger partial charge in [-0.2, -0.15) is 0 Å². The summed E-state index contributed by atoms with van der Waals surface area (Å²) in [5.41, 5.74) is 6.72. The Bertz CT molecular complexity index is 1170. The number of nitrogens with zero attached hydrogens (tertiary/aromatic N) is 1. The first-order chi connectivity index (χ1) is 15.2. The summed E-state index contributed by atoms with van der Waals surface area (Å²) in [4.78, 5) is 26.7. The number of aryl methyl sites for hydroxylation is 1. The van der Waals surface area contributed by atoms with Crippen LogP contribution in [-0.2, 0) is 21.2 Å². The lowest BCUT2D eigenvalue weighted by Gasteiger charge is -2.30. The van der Waals surface area contributed by atoms with E-state index in [1.54, 1.807) is 0 Å². The maximum Gasteiger partial charge on any atom is 0.271 e. The number of benzene rings is 2. The van der Waals surface area contributed by atoms with Crippen molar-refractivity contribution in [3.63, 3.8) is 0 Å². The van der Waals surface area contributed by atoms with Crippen LogP contribution in [0.25, 0.3) is 0 Å². The summed E-state index contributed by atoms with van der Waals surface area (Å²) in [6.45, 7) is 0.799. The fourth-order valence-electron chi connectivity index (χ4n) is 3.58. The molecule has 1 heterocycles. The van der Waals surface area contributed by atoms with E-state index in [0.29, 0.717) is 0 Å². The first-order valence-corrected chi connectivity index (χ1v) is 12.4. The average molecular weight is 497 g/mol. The Hall–Kier alpha value is -2.33. The molecule has 0 spiro atoms. The van der Waals surface area contributed by atoms with E-state index >= 15 is 0 Å². The topological polar surface area (TPSA) is 108 Å². The van der Waals surface area contributed by atoms with Crippen LogP contribution in [0.2, 0.25) is 10.0 Å². The van der Waals surface area contributed by atoms with Crippen molar-refractivity contribution < 1.29 is 18.0 Å². The third kappa shape index (κ3) is 5.17. The van der Waals surface area contributed by atoms with Crippen molar-refractivity contribution in [3.8, 4) is 0 Å². The maximum atomic E-state index is 12.6. The van der Waals surface area contributed by atoms with Gasteiger partial charge in [-0.1, -0.05) is 41.4 Å². The highest BCUT2D eigenvalue weighted by molar-refractivity contribution is 7.89. The van der Waals surface area contributed by atoms with Gasteiger partial charge in [0.1, 0.15) is 4.90 Å². The van der Waals surface area contributed by atoms with Gasteiger partial charge in [-0.3, -0.25) is 20.4 Å². The summed E-state index contributed by atoms with van der Waals surface area (Å²) in [5.74, 6) is -1.16. The molecule has 0 aromatic heterocycles. The van der Waals surface area contributed by atoms with E-state index in [-0.39, 0.29) is 33.1 Å². The molecular formula is C21H22Cl2N4O4S. The van der Waals surface area contributed by atoms with Crippen LogP contribution in [0.15, 0.2) is 41.3 Å². The minimum Gasteiger partial charge on any atom is -0.362 e. The molecule has 1 aliphatic heterocycles. The minimum atomic E-state index is -3.89. The number of carbonyl (C=O) groups is 2. The lowest BCUT2D eigenvalue weighted by Crippen LogP contribution is -2.47. The van der Waals surface area contributed by atoms with Crippen LogP contribution < -0.4 is 20.5 Å². The molecule has 4 rings (SSSR count). The van der Waals surface area contributed by atoms with Gasteiger partial charge in [0.2, 0.25) is 10.0 Å². The number of nitrogens with one attached hydrogen (secondary N) is 3. The van der Waals surface area contributed by atoms with Crippen LogP contribution in [0.4, 0.5) is 5.69 Å². The molecule has 1 saturated carbocycles. The third-order valence-electron chi connectivity index (χ3n) is 5.31. The zero-order chi connectivity index (χ0) is 22.9. The lowest BCUT2D eigenvalue weighted by atomic mass is 10.0. The molecule has 11 heteroatoms. The van der Waals surface area contributed by atoms with Crippen LogP contribution in [0, 0.1) is 0 Å². The molecule has 2 aliphatic rings. The summed E-state index contributed by atoms with van der Waals surface area (Å²) < 4.78 is 27.6. The first kappa shape index (κ1) is 22.8. The second-order valence-corrected chi connectivity index (χ2v) is 10.3. The summed E-state index contributed by atoms with van der Waals surface area (Å²) in [5, 5.41) is -0.121. The van der Waals surface area contributed by atoms with E-state index in [9.17, 15) is 18.0 Å². The largest absolute Gasteiger partial charge is 0.362 e. The molecule has 0 saturated heterocycles. The highest BCUT2D eigenvalue weighted by Crippen LogP contribution is 2.31. The van der Waals surface area contributed by atoms with Gasteiger partial charge in [0.15, 0.2) is 0 Å². The van der Waals surface area contributed by atoms with Crippen molar-refractivity contribution in [2.75, 3.05) is 18.0 Å². The fourth-order valence-corrected chi connectivity index (χ4v) is 5.74. The van der Waals surface area contributed by atoms with Gasteiger partial charge in [0.25, 0.3) is 11.8 Å². The Labute approximate surface area is 196 Å². The lowest BCUT2D eigenvalue weighted by molar-refractivity contribution is -0.120. The number of para-hydroxylation sites is 1. The molecule has 8 nitrogen and oxygen atoms in total. The van der Waals surface area contributed by atoms with Crippen molar-refractivity contribution in [3.05, 3.63) is 57.6 Å². The van der Waals surface area contributed by atoms with Crippen molar-refractivity contribution in [2.24, 2.45) is 0 Å². The van der Waals surface area contributed by atoms with E-state index < -0.39 is 21.8 Å². The van der Waals surface area contributed by atoms with Crippen LogP contribution in [0.5, 0.6) is 0 Å². The summed E-state index contributed by atoms with van der Waals surface area (Å²) in [7, 11) is -3.89. The molecule has 1 aliphatic carbocycles. The number of hydrogen-bond donors (Lipinski definition) is 3. The molecule has 2 aromatic carbocycles. The molecular weight excluding hydrogens is 475 g/mol. The summed E-state index contributed by atoms with van der Waals surface area (Å²) in [6, 6.07) is 10.1. The Morgan fingerprint density at radius 3 is 2.56 bits per heavy atom. The van der Waals surface area contributed by atoms with Crippen LogP contribution in [-0.4, -0.2) is 39.4 Å². The summed E-state index contributed by atoms with van der Waals surface area (Å²) >= 11 is 12.2. The van der Waals surface area contributed by atoms with Gasteiger partial charge in [-0.05, 0) is 49.4 Å². The van der Waals surface area contributed by atoms with E-state index in [0.717, 1.165) is 44.0 Å². The number of fused-ring (bicyclic) bond motifs is 1. The Morgan fingerprint density at radius 2 is 1.81 bits per heavy atom. The molecule has 3 N–H and O–H groups in total. The van der Waals surface area contributed by atoms with Crippen LogP contribution in [0.3, 0.4) is 0 Å². The molecule has 2 amide bonds. The minimum absolute atomic E-state index is 0.0305. The maximum absolute atomic E-state index is 12.6. The smallest absolute Gasteiger partial charge is 0.271 e. The standard InChI is InChI=1S/C21H22Cl2N4O4S/c22-16-11-17(23)19(32(30,31)26-14-7-8-14)10-15(16)21(29)25-24-20(28)12-27-9-3-5-13-4-1-2-6-18(13)27/h1-2,4,6,10-11,14,26H,3,5,7-9,12H2,(H,24,28)(H,25,29). The van der Waals surface area contributed by atoms with Crippen molar-refractivity contribution in [2.45, 2.75) is 36.6 Å². The van der Waals surface area contributed by atoms with Crippen LogP contribution >= 0.6 is 23.2 Å². The highest BCUT2D eigenvalue weighted by atomic mass is 35.5. The SMILES string of the molecule is O=C(CN1CCCc2ccccc21)NNC(=O)c1cc(S(=O)(=O)NC2CC2)c(Cl)cc1Cl. The van der Waals surface area contributed by atoms with Gasteiger partial charge in [0, 0.05) is 18.3 Å². The predicted octanol–water partition coefficient (Wildman–Crippen LogP) is 2.65. The third-order valence-corrected chi connectivity index (χ3v) is 7.61. The van der Waals surface area contributed by atoms with Gasteiger partial charge in [-0.25, -0.2) is 13.1 Å². The number of sulfonamides is 1. The monoisotopic (exact) mass is 496 g/mol. The number of amides is 2. The number of anilines is 1. The van der Waals surface area contributed by atoms with E-state index in [1.165, 1.54) is 11.6 Å². The number of rotatable bonds is 6. The Balaban J connectivity index is 1.42. The van der Waals surface area contributed by atoms with Crippen molar-refractivity contribution in [1.29, 1.82) is 0 Å². The quantitative estimate of drug-likeness (QED) is 0.532. The molecule has 170 valence electrons. The molecule has 32 heavy (non-hydrogen) atoms. The number of halogens is 2. The molecule has 0 bridgehead atoms. The van der Waals surface area contributed by atoms with E-state index in [2.05, 4.69) is 15.6 Å². The number of hydrogen-bond acceptors (Lipinski definition) is 5. The predicted molar refractivity (Wildman–Crippen MR) is 122 cm³/mol. The molecule has 0 unspecified atom stereocenters. The molecule has 1 fully saturated rings. The van der Waals surface area contributed by atoms with Crippen molar-refractivity contribution in [1.82, 2.24) is 15.6 Å². The Morgan fingerprint density at radius 1 is 1.06 bits per heavy atom. The molecule has 2 aromatic rings. The van der Waals surface area contributed by atoms with E-state index in [4.69, 9.17) is 23.2 Å². The fraction of sp³-hybridized carbons (Fsp3) is 0.333. The zero-order valence-electron chi connectivity index (χ0n) is 17.0. The van der Waals surface area contributed by atoms with Gasteiger partial charge in [-0.15, -0.1) is 0 Å². The van der Waals surface area contributed by atoms with Gasteiger partial charge < -0.3 is 4.90 Å².